The lowest BCUT2D eigenvalue weighted by molar-refractivity contribution is -0.141. The molecule has 1 fully saturated rings. The van der Waals surface area contributed by atoms with Gasteiger partial charge in [-0.1, -0.05) is 0 Å². The van der Waals surface area contributed by atoms with Gasteiger partial charge in [-0.15, -0.1) is 11.3 Å². The number of piperidine rings is 1. The van der Waals surface area contributed by atoms with Crippen molar-refractivity contribution in [1.29, 1.82) is 0 Å². The first kappa shape index (κ1) is 16.0. The fraction of sp³-hybridized carbons (Fsp3) is 0.467. The molecule has 0 aromatic carbocycles. The van der Waals surface area contributed by atoms with Crippen LogP contribution >= 0.6 is 11.3 Å². The molecule has 0 unspecified atom stereocenters. The van der Waals surface area contributed by atoms with Gasteiger partial charge < -0.3 is 4.90 Å². The highest BCUT2D eigenvalue weighted by molar-refractivity contribution is 7.17. The monoisotopic (exact) mass is 343 g/mol. The zero-order chi connectivity index (χ0) is 16.6. The van der Waals surface area contributed by atoms with Crippen LogP contribution in [0, 0.1) is 0 Å². The van der Waals surface area contributed by atoms with Crippen LogP contribution in [-0.4, -0.2) is 33.7 Å². The molecule has 124 valence electrons. The number of likely N-dealkylation sites (tertiary alicyclic amines) is 1. The minimum Gasteiger partial charge on any atom is -0.338 e. The van der Waals surface area contributed by atoms with Crippen molar-refractivity contribution in [2.24, 2.45) is 7.05 Å². The average molecular weight is 343 g/mol. The number of hydrogen-bond acceptors (Lipinski definition) is 3. The molecule has 2 aromatic heterocycles. The highest BCUT2D eigenvalue weighted by Gasteiger charge is 2.35. The number of carbonyl (C=O) groups is 1. The Hall–Kier alpha value is -1.83. The Kier molecular flexibility index (Phi) is 4.18. The summed E-state index contributed by atoms with van der Waals surface area (Å²) in [5.41, 5.74) is -0.563. The van der Waals surface area contributed by atoms with E-state index in [9.17, 15) is 18.0 Å². The fourth-order valence-corrected chi connectivity index (χ4v) is 3.70. The first-order valence-electron chi connectivity index (χ1n) is 7.37. The van der Waals surface area contributed by atoms with Gasteiger partial charge in [0.1, 0.15) is 0 Å². The zero-order valence-electron chi connectivity index (χ0n) is 12.6. The molecule has 23 heavy (non-hydrogen) atoms. The maximum Gasteiger partial charge on any atom is 0.435 e. The second kappa shape index (κ2) is 5.99. The lowest BCUT2D eigenvalue weighted by Gasteiger charge is -2.26. The Morgan fingerprint density at radius 3 is 2.52 bits per heavy atom. The van der Waals surface area contributed by atoms with Crippen LogP contribution in [0.2, 0.25) is 0 Å². The predicted octanol–water partition coefficient (Wildman–Crippen LogP) is 3.79. The molecule has 1 amide bonds. The van der Waals surface area contributed by atoms with Crippen molar-refractivity contribution in [3.05, 3.63) is 28.8 Å². The van der Waals surface area contributed by atoms with E-state index in [2.05, 4.69) is 5.10 Å². The van der Waals surface area contributed by atoms with Crippen LogP contribution < -0.4 is 0 Å². The van der Waals surface area contributed by atoms with Crippen LogP contribution in [0.25, 0.3) is 10.6 Å². The van der Waals surface area contributed by atoms with E-state index in [1.54, 1.807) is 12.1 Å². The molecule has 0 spiro atoms. The predicted molar refractivity (Wildman–Crippen MR) is 81.3 cm³/mol. The van der Waals surface area contributed by atoms with Crippen molar-refractivity contribution in [3.63, 3.8) is 0 Å². The first-order chi connectivity index (χ1) is 10.9. The number of nitrogens with zero attached hydrogens (tertiary/aromatic N) is 3. The summed E-state index contributed by atoms with van der Waals surface area (Å²) in [4.78, 5) is 15.4. The third-order valence-electron chi connectivity index (χ3n) is 3.88. The molecule has 0 bridgehead atoms. The van der Waals surface area contributed by atoms with Crippen LogP contribution in [0.15, 0.2) is 18.2 Å². The van der Waals surface area contributed by atoms with Crippen LogP contribution in [0.3, 0.4) is 0 Å². The van der Waals surface area contributed by atoms with Crippen LogP contribution in [0.4, 0.5) is 13.2 Å². The molecular formula is C15H16F3N3OS. The molecule has 8 heteroatoms. The van der Waals surface area contributed by atoms with E-state index in [4.69, 9.17) is 0 Å². The highest BCUT2D eigenvalue weighted by atomic mass is 32.1. The molecule has 0 saturated carbocycles. The molecule has 0 atom stereocenters. The zero-order valence-corrected chi connectivity index (χ0v) is 13.4. The van der Waals surface area contributed by atoms with Crippen molar-refractivity contribution in [1.82, 2.24) is 14.7 Å². The van der Waals surface area contributed by atoms with Gasteiger partial charge in [-0.3, -0.25) is 9.48 Å². The summed E-state index contributed by atoms with van der Waals surface area (Å²) in [6, 6.07) is 4.37. The van der Waals surface area contributed by atoms with E-state index in [0.717, 1.165) is 38.4 Å². The van der Waals surface area contributed by atoms with Gasteiger partial charge in [0.25, 0.3) is 5.91 Å². The van der Waals surface area contributed by atoms with E-state index in [1.165, 1.54) is 23.1 Å². The Morgan fingerprint density at radius 2 is 1.91 bits per heavy atom. The van der Waals surface area contributed by atoms with Crippen molar-refractivity contribution in [2.75, 3.05) is 13.1 Å². The molecule has 1 saturated heterocycles. The number of halogens is 3. The average Bonchev–Trinajstić information content (AvgIpc) is 3.13. The van der Waals surface area contributed by atoms with Gasteiger partial charge in [0, 0.05) is 20.1 Å². The lowest BCUT2D eigenvalue weighted by Crippen LogP contribution is -2.35. The van der Waals surface area contributed by atoms with Crippen molar-refractivity contribution in [3.8, 4) is 10.6 Å². The number of thiophene rings is 1. The Morgan fingerprint density at radius 1 is 1.22 bits per heavy atom. The molecular weight excluding hydrogens is 327 g/mol. The number of amides is 1. The molecule has 3 rings (SSSR count). The van der Waals surface area contributed by atoms with Crippen molar-refractivity contribution >= 4 is 17.2 Å². The van der Waals surface area contributed by atoms with Gasteiger partial charge in [-0.25, -0.2) is 0 Å². The van der Waals surface area contributed by atoms with E-state index in [-0.39, 0.29) is 5.91 Å². The summed E-state index contributed by atoms with van der Waals surface area (Å²) < 4.78 is 39.4. The summed E-state index contributed by atoms with van der Waals surface area (Å²) in [5, 5.41) is 3.51. The summed E-state index contributed by atoms with van der Waals surface area (Å²) in [5.74, 6) is -0.0424. The van der Waals surface area contributed by atoms with E-state index < -0.39 is 11.9 Å². The smallest absolute Gasteiger partial charge is 0.338 e. The summed E-state index contributed by atoms with van der Waals surface area (Å²) >= 11 is 1.21. The number of aromatic nitrogens is 2. The molecule has 4 nitrogen and oxygen atoms in total. The lowest BCUT2D eigenvalue weighted by atomic mass is 10.1. The van der Waals surface area contributed by atoms with Gasteiger partial charge in [0.05, 0.1) is 15.4 Å². The largest absolute Gasteiger partial charge is 0.435 e. The normalized spacial score (nSPS) is 15.9. The van der Waals surface area contributed by atoms with Crippen LogP contribution in [0.1, 0.15) is 34.6 Å². The second-order valence-corrected chi connectivity index (χ2v) is 6.64. The number of alkyl halides is 3. The van der Waals surface area contributed by atoms with Gasteiger partial charge >= 0.3 is 6.18 Å². The molecule has 2 aromatic rings. The SMILES string of the molecule is Cn1nc(C(F)(F)F)cc1-c1ccc(C(=O)N2CCCCC2)s1. The topological polar surface area (TPSA) is 38.1 Å². The summed E-state index contributed by atoms with van der Waals surface area (Å²) in [7, 11) is 1.47. The van der Waals surface area contributed by atoms with E-state index >= 15 is 0 Å². The second-order valence-electron chi connectivity index (χ2n) is 5.55. The number of rotatable bonds is 2. The Balaban J connectivity index is 1.84. The van der Waals surface area contributed by atoms with Gasteiger partial charge in [-0.2, -0.15) is 18.3 Å². The van der Waals surface area contributed by atoms with E-state index in [0.29, 0.717) is 15.4 Å². The number of aryl methyl sites for hydroxylation is 1. The first-order valence-corrected chi connectivity index (χ1v) is 8.18. The Labute approximate surface area is 135 Å². The third kappa shape index (κ3) is 3.26. The van der Waals surface area contributed by atoms with Crippen molar-refractivity contribution < 1.29 is 18.0 Å². The number of carbonyl (C=O) groups excluding carboxylic acids is 1. The standard InChI is InChI=1S/C15H16F3N3OS/c1-20-10(9-13(19-20)15(16,17)18)11-5-6-12(23-11)14(22)21-7-3-2-4-8-21/h5-6,9H,2-4,7-8H2,1H3. The third-order valence-corrected chi connectivity index (χ3v) is 4.98. The molecule has 0 N–H and O–H groups in total. The van der Waals surface area contributed by atoms with Gasteiger partial charge in [0.2, 0.25) is 0 Å². The number of hydrogen-bond donors (Lipinski definition) is 0. The van der Waals surface area contributed by atoms with Gasteiger partial charge in [-0.05, 0) is 37.5 Å². The minimum atomic E-state index is -4.47. The van der Waals surface area contributed by atoms with Crippen molar-refractivity contribution in [2.45, 2.75) is 25.4 Å². The highest BCUT2D eigenvalue weighted by Crippen LogP contribution is 2.34. The van der Waals surface area contributed by atoms with E-state index in [1.807, 2.05) is 4.90 Å². The molecule has 1 aliphatic rings. The molecule has 1 aliphatic heterocycles. The molecule has 0 aliphatic carbocycles. The molecule has 3 heterocycles. The summed E-state index contributed by atoms with van der Waals surface area (Å²) in [6.45, 7) is 1.49. The fourth-order valence-electron chi connectivity index (χ4n) is 2.68. The van der Waals surface area contributed by atoms with Crippen LogP contribution in [-0.2, 0) is 13.2 Å². The molecule has 0 radical (unpaired) electrons. The summed E-state index contributed by atoms with van der Waals surface area (Å²) in [6.07, 6.45) is -1.34. The van der Waals surface area contributed by atoms with Gasteiger partial charge in [0.15, 0.2) is 5.69 Å². The Bertz CT molecular complexity index is 714. The maximum absolute atomic E-state index is 12.7. The van der Waals surface area contributed by atoms with Crippen LogP contribution in [0.5, 0.6) is 0 Å². The minimum absolute atomic E-state index is 0.0424. The quantitative estimate of drug-likeness (QED) is 0.832. The maximum atomic E-state index is 12.7.